The molecule has 9 heteroatoms. The highest BCUT2D eigenvalue weighted by atomic mass is 35.5. The number of carbonyl (C=O) groups excluding carboxylic acids is 1. The smallest absolute Gasteiger partial charge is 0.263 e. The minimum Gasteiger partial charge on any atom is -0.492 e. The zero-order valence-electron chi connectivity index (χ0n) is 15.9. The topological polar surface area (TPSA) is 93.7 Å². The van der Waals surface area contributed by atoms with Gasteiger partial charge in [0.2, 0.25) is 10.0 Å². The first kappa shape index (κ1) is 21.8. The van der Waals surface area contributed by atoms with Crippen LogP contribution in [0.4, 0.5) is 5.69 Å². The summed E-state index contributed by atoms with van der Waals surface area (Å²) in [7, 11) is -3.32. The molecule has 0 unspecified atom stereocenters. The summed E-state index contributed by atoms with van der Waals surface area (Å²) in [5.41, 5.74) is -0.614. The van der Waals surface area contributed by atoms with Crippen molar-refractivity contribution in [3.63, 3.8) is 0 Å². The molecular weight excluding hydrogens is 404 g/mol. The molecule has 0 saturated heterocycles. The van der Waals surface area contributed by atoms with Crippen LogP contribution < -0.4 is 19.5 Å². The number of ether oxygens (including phenoxy) is 2. The van der Waals surface area contributed by atoms with Crippen LogP contribution in [-0.4, -0.2) is 39.3 Å². The van der Waals surface area contributed by atoms with E-state index in [-0.39, 0.29) is 19.1 Å². The lowest BCUT2D eigenvalue weighted by Gasteiger charge is -2.25. The molecule has 0 aromatic heterocycles. The number of carbonyl (C=O) groups is 1. The van der Waals surface area contributed by atoms with Crippen LogP contribution >= 0.6 is 11.6 Å². The van der Waals surface area contributed by atoms with Crippen LogP contribution in [0.1, 0.15) is 13.8 Å². The van der Waals surface area contributed by atoms with E-state index in [2.05, 4.69) is 10.0 Å². The number of hydrogen-bond donors (Lipinski definition) is 2. The molecule has 2 aromatic carbocycles. The van der Waals surface area contributed by atoms with E-state index in [4.69, 9.17) is 21.1 Å². The lowest BCUT2D eigenvalue weighted by Crippen LogP contribution is -2.47. The third-order valence-corrected chi connectivity index (χ3v) is 4.41. The summed E-state index contributed by atoms with van der Waals surface area (Å²) in [6, 6.07) is 13.2. The Morgan fingerprint density at radius 2 is 1.61 bits per heavy atom. The molecule has 0 heterocycles. The summed E-state index contributed by atoms with van der Waals surface area (Å²) < 4.78 is 36.0. The molecule has 2 N–H and O–H groups in total. The van der Waals surface area contributed by atoms with Crippen molar-refractivity contribution in [3.05, 3.63) is 53.6 Å². The van der Waals surface area contributed by atoms with Crippen LogP contribution in [0.5, 0.6) is 11.5 Å². The average molecular weight is 427 g/mol. The number of hydrogen-bond acceptors (Lipinski definition) is 5. The number of anilines is 1. The maximum absolute atomic E-state index is 12.3. The van der Waals surface area contributed by atoms with Gasteiger partial charge in [-0.25, -0.2) is 8.42 Å². The fraction of sp³-hybridized carbons (Fsp3) is 0.316. The van der Waals surface area contributed by atoms with Crippen molar-refractivity contribution < 1.29 is 22.7 Å². The molecule has 1 amide bonds. The van der Waals surface area contributed by atoms with E-state index in [0.717, 1.165) is 6.26 Å². The van der Waals surface area contributed by atoms with E-state index in [1.165, 1.54) is 0 Å². The van der Waals surface area contributed by atoms with Crippen molar-refractivity contribution in [1.29, 1.82) is 0 Å². The Labute approximate surface area is 170 Å². The summed E-state index contributed by atoms with van der Waals surface area (Å²) in [6.45, 7) is 3.88. The summed E-state index contributed by atoms with van der Waals surface area (Å²) >= 11 is 5.84. The second kappa shape index (κ2) is 9.16. The van der Waals surface area contributed by atoms with Crippen LogP contribution in [0.2, 0.25) is 5.02 Å². The van der Waals surface area contributed by atoms with Gasteiger partial charge < -0.3 is 14.8 Å². The van der Waals surface area contributed by atoms with Crippen molar-refractivity contribution in [1.82, 2.24) is 5.32 Å². The van der Waals surface area contributed by atoms with E-state index in [0.29, 0.717) is 22.2 Å². The van der Waals surface area contributed by atoms with Gasteiger partial charge in [-0.2, -0.15) is 0 Å². The normalized spacial score (nSPS) is 11.6. The molecule has 0 atom stereocenters. The van der Waals surface area contributed by atoms with Crippen LogP contribution in [-0.2, 0) is 14.8 Å². The highest BCUT2D eigenvalue weighted by Gasteiger charge is 2.29. The van der Waals surface area contributed by atoms with Crippen LogP contribution in [0.3, 0.4) is 0 Å². The number of sulfonamides is 1. The molecule has 0 saturated carbocycles. The van der Waals surface area contributed by atoms with Gasteiger partial charge in [0.25, 0.3) is 5.91 Å². The van der Waals surface area contributed by atoms with E-state index < -0.39 is 15.6 Å². The zero-order valence-corrected chi connectivity index (χ0v) is 17.4. The first-order chi connectivity index (χ1) is 13.0. The first-order valence-corrected chi connectivity index (χ1v) is 10.8. The van der Waals surface area contributed by atoms with Gasteiger partial charge in [0.15, 0.2) is 5.60 Å². The Morgan fingerprint density at radius 3 is 2.18 bits per heavy atom. The molecule has 2 aromatic rings. The molecular formula is C19H23ClN2O5S. The lowest BCUT2D eigenvalue weighted by atomic mass is 10.1. The Bertz CT molecular complexity index is 897. The monoisotopic (exact) mass is 426 g/mol. The fourth-order valence-electron chi connectivity index (χ4n) is 2.22. The predicted molar refractivity (Wildman–Crippen MR) is 110 cm³/mol. The van der Waals surface area contributed by atoms with Gasteiger partial charge >= 0.3 is 0 Å². The van der Waals surface area contributed by atoms with E-state index in [9.17, 15) is 13.2 Å². The summed E-state index contributed by atoms with van der Waals surface area (Å²) in [6.07, 6.45) is 1.08. The van der Waals surface area contributed by atoms with Crippen molar-refractivity contribution in [2.24, 2.45) is 0 Å². The summed E-state index contributed by atoms with van der Waals surface area (Å²) in [5, 5.41) is 3.35. The molecule has 0 fully saturated rings. The van der Waals surface area contributed by atoms with Crippen molar-refractivity contribution in [2.45, 2.75) is 19.4 Å². The number of amides is 1. The number of rotatable bonds is 9. The van der Waals surface area contributed by atoms with Crippen molar-refractivity contribution in [2.75, 3.05) is 24.1 Å². The highest BCUT2D eigenvalue weighted by Crippen LogP contribution is 2.21. The second-order valence-corrected chi connectivity index (χ2v) is 8.75. The van der Waals surface area contributed by atoms with Crippen LogP contribution in [0.25, 0.3) is 0 Å². The molecule has 2 rings (SSSR count). The van der Waals surface area contributed by atoms with Gasteiger partial charge in [-0.1, -0.05) is 11.6 Å². The molecule has 0 aliphatic carbocycles. The molecule has 0 aliphatic rings. The van der Waals surface area contributed by atoms with Crippen molar-refractivity contribution in [3.8, 4) is 11.5 Å². The van der Waals surface area contributed by atoms with Crippen molar-refractivity contribution >= 4 is 33.2 Å². The molecule has 0 aliphatic heterocycles. The largest absolute Gasteiger partial charge is 0.492 e. The SMILES string of the molecule is CC(C)(Oc1ccc(Cl)cc1)C(=O)NCCOc1ccc(NS(C)(=O)=O)cc1. The molecule has 28 heavy (non-hydrogen) atoms. The lowest BCUT2D eigenvalue weighted by molar-refractivity contribution is -0.134. The minimum atomic E-state index is -3.32. The summed E-state index contributed by atoms with van der Waals surface area (Å²) in [4.78, 5) is 12.3. The van der Waals surface area contributed by atoms with E-state index in [1.54, 1.807) is 62.4 Å². The maximum Gasteiger partial charge on any atom is 0.263 e. The fourth-order valence-corrected chi connectivity index (χ4v) is 2.91. The molecule has 152 valence electrons. The number of benzene rings is 2. The highest BCUT2D eigenvalue weighted by molar-refractivity contribution is 7.92. The zero-order chi connectivity index (χ0) is 20.8. The van der Waals surface area contributed by atoms with Crippen LogP contribution in [0.15, 0.2) is 48.5 Å². The summed E-state index contributed by atoms with van der Waals surface area (Å²) in [5.74, 6) is 0.826. The van der Waals surface area contributed by atoms with Gasteiger partial charge in [-0.15, -0.1) is 0 Å². The maximum atomic E-state index is 12.3. The standard InChI is InChI=1S/C19H23ClN2O5S/c1-19(2,27-17-8-4-14(20)5-9-17)18(23)21-12-13-26-16-10-6-15(7-11-16)22-28(3,24)25/h4-11,22H,12-13H2,1-3H3,(H,21,23). The average Bonchev–Trinajstić information content (AvgIpc) is 2.60. The molecule has 0 bridgehead atoms. The first-order valence-electron chi connectivity index (χ1n) is 8.49. The van der Waals surface area contributed by atoms with Gasteiger partial charge in [0.05, 0.1) is 12.8 Å². The number of nitrogens with one attached hydrogen (secondary N) is 2. The quantitative estimate of drug-likeness (QED) is 0.601. The van der Waals surface area contributed by atoms with E-state index >= 15 is 0 Å². The van der Waals surface area contributed by atoms with Crippen LogP contribution in [0, 0.1) is 0 Å². The van der Waals surface area contributed by atoms with Gasteiger partial charge in [0.1, 0.15) is 18.1 Å². The molecule has 7 nitrogen and oxygen atoms in total. The second-order valence-electron chi connectivity index (χ2n) is 6.57. The predicted octanol–water partition coefficient (Wildman–Crippen LogP) is 3.06. The van der Waals surface area contributed by atoms with Gasteiger partial charge in [0, 0.05) is 10.7 Å². The Morgan fingerprint density at radius 1 is 1.04 bits per heavy atom. The third kappa shape index (κ3) is 7.28. The Kier molecular flexibility index (Phi) is 7.15. The Balaban J connectivity index is 1.77. The molecule has 0 radical (unpaired) electrons. The molecule has 0 spiro atoms. The van der Waals surface area contributed by atoms with Gasteiger partial charge in [-0.05, 0) is 62.4 Å². The third-order valence-electron chi connectivity index (χ3n) is 3.55. The Hall–Kier alpha value is -2.45. The number of halogens is 1. The minimum absolute atomic E-state index is 0.252. The van der Waals surface area contributed by atoms with E-state index in [1.807, 2.05) is 0 Å². The van der Waals surface area contributed by atoms with Gasteiger partial charge in [-0.3, -0.25) is 9.52 Å².